The summed E-state index contributed by atoms with van der Waals surface area (Å²) in [5, 5.41) is 10.1. The van der Waals surface area contributed by atoms with Crippen LogP contribution in [-0.4, -0.2) is 11.2 Å². The van der Waals surface area contributed by atoms with Crippen molar-refractivity contribution in [3.8, 4) is 0 Å². The van der Waals surface area contributed by atoms with Crippen molar-refractivity contribution in [2.45, 2.75) is 101 Å². The minimum Gasteiger partial charge on any atom is -0.389 e. The molecule has 0 radical (unpaired) electrons. The molecule has 2 aliphatic carbocycles. The Hall–Kier alpha value is -2.90. The Morgan fingerprint density at radius 1 is 0.756 bits per heavy atom. The Morgan fingerprint density at radius 3 is 1.80 bits per heavy atom. The van der Waals surface area contributed by atoms with E-state index in [1.807, 2.05) is 6.08 Å². The molecule has 0 amide bonds. The van der Waals surface area contributed by atoms with E-state index in [0.717, 1.165) is 6.42 Å². The van der Waals surface area contributed by atoms with Crippen molar-refractivity contribution in [3.63, 3.8) is 0 Å². The molecule has 222 valence electrons. The maximum atomic E-state index is 10.1. The minimum atomic E-state index is -0.325. The SMILES string of the molecule is CC(C=CC1C(C)=CC(O)CC1(C)C)=CC=CC(C)=C/C=C/C=C(C)/C=C/C=C(C)/C=C/C1=C(C)CCCC1(C)C. The lowest BCUT2D eigenvalue weighted by atomic mass is 9.67. The molecule has 2 rings (SSSR count). The first kappa shape index (κ1) is 34.3. The predicted molar refractivity (Wildman–Crippen MR) is 183 cm³/mol. The van der Waals surface area contributed by atoms with Crippen molar-refractivity contribution in [2.24, 2.45) is 16.7 Å². The van der Waals surface area contributed by atoms with E-state index >= 15 is 0 Å². The van der Waals surface area contributed by atoms with Crippen LogP contribution < -0.4 is 0 Å². The zero-order chi connectivity index (χ0) is 30.6. The van der Waals surface area contributed by atoms with Gasteiger partial charge in [-0.05, 0) is 83.6 Å². The van der Waals surface area contributed by atoms with Crippen molar-refractivity contribution in [2.75, 3.05) is 0 Å². The number of hydrogen-bond acceptors (Lipinski definition) is 1. The van der Waals surface area contributed by atoms with E-state index in [-0.39, 0.29) is 16.9 Å². The number of hydrogen-bond donors (Lipinski definition) is 1. The first-order valence-corrected chi connectivity index (χ1v) is 15.4. The standard InChI is InChI=1S/C40H56O/c1-30(18-13-20-32(3)23-25-37-34(5)22-15-27-39(37,7)8)16-11-12-17-31(2)19-14-21-33(4)24-26-38-35(6)28-36(41)29-40(38,9)10/h11-14,16-21,23-26,28,36,38,41H,15,22,27,29H2,1-10H3/b12-11+,18-13+,19-14?,25-23+,26-24?,30-16+,31-17?,32-20+,33-21?. The Kier molecular flexibility index (Phi) is 13.3. The van der Waals surface area contributed by atoms with Crippen molar-refractivity contribution >= 4 is 0 Å². The summed E-state index contributed by atoms with van der Waals surface area (Å²) in [6.45, 7) is 22.2. The average molecular weight is 553 g/mol. The van der Waals surface area contributed by atoms with Crippen LogP contribution in [0, 0.1) is 16.7 Å². The Labute approximate surface area is 252 Å². The lowest BCUT2D eigenvalue weighted by Gasteiger charge is -2.38. The molecule has 0 heterocycles. The van der Waals surface area contributed by atoms with Crippen LogP contribution in [0.15, 0.2) is 130 Å². The van der Waals surface area contributed by atoms with Crippen LogP contribution in [-0.2, 0) is 0 Å². The van der Waals surface area contributed by atoms with E-state index in [9.17, 15) is 5.11 Å². The second-order valence-electron chi connectivity index (χ2n) is 13.5. The van der Waals surface area contributed by atoms with E-state index < -0.39 is 0 Å². The molecule has 1 heteroatoms. The van der Waals surface area contributed by atoms with E-state index in [1.54, 1.807) is 5.57 Å². The molecule has 0 aromatic rings. The molecule has 1 N–H and O–H groups in total. The highest BCUT2D eigenvalue weighted by molar-refractivity contribution is 5.37. The summed E-state index contributed by atoms with van der Waals surface area (Å²) in [5.41, 5.74) is 9.56. The molecule has 0 aromatic carbocycles. The molecular weight excluding hydrogens is 496 g/mol. The summed E-state index contributed by atoms with van der Waals surface area (Å²) in [6.07, 6.45) is 36.7. The minimum absolute atomic E-state index is 0.0649. The molecule has 0 spiro atoms. The van der Waals surface area contributed by atoms with Crippen molar-refractivity contribution in [3.05, 3.63) is 130 Å². The van der Waals surface area contributed by atoms with Crippen molar-refractivity contribution in [1.29, 1.82) is 0 Å². The number of aliphatic hydroxyl groups is 1. The fraction of sp³-hybridized carbons (Fsp3) is 0.450. The van der Waals surface area contributed by atoms with Gasteiger partial charge in [0.05, 0.1) is 6.10 Å². The van der Waals surface area contributed by atoms with Crippen LogP contribution in [0.3, 0.4) is 0 Å². The fourth-order valence-corrected chi connectivity index (χ4v) is 5.97. The van der Waals surface area contributed by atoms with Gasteiger partial charge in [-0.25, -0.2) is 0 Å². The molecule has 0 saturated heterocycles. The zero-order valence-electron chi connectivity index (χ0n) is 27.6. The summed E-state index contributed by atoms with van der Waals surface area (Å²) >= 11 is 0. The highest BCUT2D eigenvalue weighted by Crippen LogP contribution is 2.42. The monoisotopic (exact) mass is 552 g/mol. The lowest BCUT2D eigenvalue weighted by Crippen LogP contribution is -2.32. The third kappa shape index (κ3) is 11.9. The third-order valence-electron chi connectivity index (χ3n) is 8.40. The molecule has 0 bridgehead atoms. The first-order valence-electron chi connectivity index (χ1n) is 15.4. The van der Waals surface area contributed by atoms with E-state index in [0.29, 0.717) is 5.92 Å². The van der Waals surface area contributed by atoms with Gasteiger partial charge in [0.25, 0.3) is 0 Å². The van der Waals surface area contributed by atoms with Crippen molar-refractivity contribution in [1.82, 2.24) is 0 Å². The van der Waals surface area contributed by atoms with Gasteiger partial charge in [-0.15, -0.1) is 0 Å². The van der Waals surface area contributed by atoms with Crippen LogP contribution in [0.1, 0.15) is 94.9 Å². The van der Waals surface area contributed by atoms with Gasteiger partial charge in [0.2, 0.25) is 0 Å². The summed E-state index contributed by atoms with van der Waals surface area (Å²) in [5.74, 6) is 0.356. The summed E-state index contributed by atoms with van der Waals surface area (Å²) in [7, 11) is 0. The van der Waals surface area contributed by atoms with Crippen LogP contribution in [0.25, 0.3) is 0 Å². The Morgan fingerprint density at radius 2 is 1.27 bits per heavy atom. The van der Waals surface area contributed by atoms with Gasteiger partial charge < -0.3 is 5.11 Å². The molecule has 0 aromatic heterocycles. The van der Waals surface area contributed by atoms with Gasteiger partial charge in [-0.1, -0.05) is 152 Å². The Bertz CT molecular complexity index is 1240. The van der Waals surface area contributed by atoms with Gasteiger partial charge in [-0.3, -0.25) is 0 Å². The highest BCUT2D eigenvalue weighted by atomic mass is 16.3. The number of aliphatic hydroxyl groups excluding tert-OH is 1. The molecule has 1 nitrogen and oxygen atoms in total. The fourth-order valence-electron chi connectivity index (χ4n) is 5.97. The molecule has 2 aliphatic rings. The number of rotatable bonds is 10. The normalized spacial score (nSPS) is 25.1. The van der Waals surface area contributed by atoms with Gasteiger partial charge in [0.15, 0.2) is 0 Å². The summed E-state index contributed by atoms with van der Waals surface area (Å²) in [4.78, 5) is 0. The second kappa shape index (κ2) is 15.9. The summed E-state index contributed by atoms with van der Waals surface area (Å²) in [6, 6.07) is 0. The molecule has 2 atom stereocenters. The van der Waals surface area contributed by atoms with Gasteiger partial charge in [0.1, 0.15) is 0 Å². The predicted octanol–water partition coefficient (Wildman–Crippen LogP) is 11.4. The largest absolute Gasteiger partial charge is 0.389 e. The number of allylic oxidation sites excluding steroid dienone is 21. The molecular formula is C40H56O. The molecule has 0 saturated carbocycles. The van der Waals surface area contributed by atoms with Crippen LogP contribution >= 0.6 is 0 Å². The third-order valence-corrected chi connectivity index (χ3v) is 8.40. The van der Waals surface area contributed by atoms with Gasteiger partial charge in [0, 0.05) is 5.92 Å². The van der Waals surface area contributed by atoms with E-state index in [4.69, 9.17) is 0 Å². The summed E-state index contributed by atoms with van der Waals surface area (Å²) < 4.78 is 0. The van der Waals surface area contributed by atoms with Gasteiger partial charge in [-0.2, -0.15) is 0 Å². The van der Waals surface area contributed by atoms with E-state index in [1.165, 1.54) is 52.7 Å². The topological polar surface area (TPSA) is 20.2 Å². The average Bonchev–Trinajstić information content (AvgIpc) is 2.84. The quantitative estimate of drug-likeness (QED) is 0.211. The van der Waals surface area contributed by atoms with Crippen LogP contribution in [0.4, 0.5) is 0 Å². The molecule has 2 unspecified atom stereocenters. The Balaban J connectivity index is 1.89. The highest BCUT2D eigenvalue weighted by Gasteiger charge is 2.34. The zero-order valence-corrected chi connectivity index (χ0v) is 27.6. The smallest absolute Gasteiger partial charge is 0.0729 e. The van der Waals surface area contributed by atoms with Gasteiger partial charge >= 0.3 is 0 Å². The first-order chi connectivity index (χ1) is 19.2. The van der Waals surface area contributed by atoms with E-state index in [2.05, 4.69) is 154 Å². The van der Waals surface area contributed by atoms with Crippen LogP contribution in [0.5, 0.6) is 0 Å². The van der Waals surface area contributed by atoms with Crippen molar-refractivity contribution < 1.29 is 5.11 Å². The molecule has 0 aliphatic heterocycles. The van der Waals surface area contributed by atoms with Crippen LogP contribution in [0.2, 0.25) is 0 Å². The lowest BCUT2D eigenvalue weighted by molar-refractivity contribution is 0.117. The molecule has 0 fully saturated rings. The molecule has 41 heavy (non-hydrogen) atoms. The maximum Gasteiger partial charge on any atom is 0.0729 e. The maximum absolute atomic E-state index is 10.1. The second-order valence-corrected chi connectivity index (χ2v) is 13.5.